The van der Waals surface area contributed by atoms with Crippen LogP contribution in [0.3, 0.4) is 0 Å². The van der Waals surface area contributed by atoms with E-state index in [-0.39, 0.29) is 5.91 Å². The van der Waals surface area contributed by atoms with E-state index in [2.05, 4.69) is 31.2 Å². The SMILES string of the molecule is Cc1ccc(CCCCCCC(N)=O)cc1. The van der Waals surface area contributed by atoms with Crippen molar-refractivity contribution < 1.29 is 4.79 Å². The van der Waals surface area contributed by atoms with Crippen LogP contribution in [0.1, 0.15) is 43.2 Å². The summed E-state index contributed by atoms with van der Waals surface area (Å²) in [6, 6.07) is 8.70. The smallest absolute Gasteiger partial charge is 0.217 e. The Morgan fingerprint density at radius 2 is 1.69 bits per heavy atom. The molecule has 0 atom stereocenters. The molecular weight excluding hydrogens is 198 g/mol. The van der Waals surface area contributed by atoms with E-state index >= 15 is 0 Å². The first-order valence-electron chi connectivity index (χ1n) is 6.02. The molecule has 1 amide bonds. The van der Waals surface area contributed by atoms with Crippen LogP contribution in [0.4, 0.5) is 0 Å². The van der Waals surface area contributed by atoms with Crippen LogP contribution in [0.5, 0.6) is 0 Å². The van der Waals surface area contributed by atoms with Crippen molar-refractivity contribution in [1.82, 2.24) is 0 Å². The molecule has 0 aromatic heterocycles. The molecule has 1 aromatic rings. The number of hydrogen-bond acceptors (Lipinski definition) is 1. The fraction of sp³-hybridized carbons (Fsp3) is 0.500. The van der Waals surface area contributed by atoms with E-state index in [9.17, 15) is 4.79 Å². The molecule has 0 spiro atoms. The number of carbonyl (C=O) groups is 1. The third kappa shape index (κ3) is 5.54. The Labute approximate surface area is 97.9 Å². The first kappa shape index (κ1) is 12.8. The highest BCUT2D eigenvalue weighted by atomic mass is 16.1. The van der Waals surface area contributed by atoms with Crippen molar-refractivity contribution in [3.63, 3.8) is 0 Å². The standard InChI is InChI=1S/C14H21NO/c1-12-8-10-13(11-9-12)6-4-2-3-5-7-14(15)16/h8-11H,2-7H2,1H3,(H2,15,16). The predicted molar refractivity (Wildman–Crippen MR) is 67.2 cm³/mol. The Morgan fingerprint density at radius 3 is 2.31 bits per heavy atom. The minimum absolute atomic E-state index is 0.182. The first-order chi connectivity index (χ1) is 7.68. The van der Waals surface area contributed by atoms with E-state index in [0.29, 0.717) is 6.42 Å². The van der Waals surface area contributed by atoms with Gasteiger partial charge in [0.15, 0.2) is 0 Å². The van der Waals surface area contributed by atoms with Crippen molar-refractivity contribution in [2.75, 3.05) is 0 Å². The van der Waals surface area contributed by atoms with Gasteiger partial charge in [0.25, 0.3) is 0 Å². The summed E-state index contributed by atoms with van der Waals surface area (Å²) >= 11 is 0. The molecule has 0 radical (unpaired) electrons. The first-order valence-corrected chi connectivity index (χ1v) is 6.02. The largest absolute Gasteiger partial charge is 0.370 e. The molecule has 2 nitrogen and oxygen atoms in total. The highest BCUT2D eigenvalue weighted by Crippen LogP contribution is 2.09. The summed E-state index contributed by atoms with van der Waals surface area (Å²) in [7, 11) is 0. The minimum atomic E-state index is -0.182. The lowest BCUT2D eigenvalue weighted by atomic mass is 10.0. The minimum Gasteiger partial charge on any atom is -0.370 e. The van der Waals surface area contributed by atoms with Crippen LogP contribution >= 0.6 is 0 Å². The molecule has 0 aliphatic heterocycles. The highest BCUT2D eigenvalue weighted by Gasteiger charge is 1.96. The molecule has 0 saturated heterocycles. The van der Waals surface area contributed by atoms with Crippen LogP contribution in [0.25, 0.3) is 0 Å². The van der Waals surface area contributed by atoms with Gasteiger partial charge in [0.1, 0.15) is 0 Å². The molecule has 2 N–H and O–H groups in total. The predicted octanol–water partition coefficient (Wildman–Crippen LogP) is 2.97. The fourth-order valence-corrected chi connectivity index (χ4v) is 1.74. The summed E-state index contributed by atoms with van der Waals surface area (Å²) in [5.74, 6) is -0.182. The second-order valence-corrected chi connectivity index (χ2v) is 4.37. The third-order valence-electron chi connectivity index (χ3n) is 2.76. The third-order valence-corrected chi connectivity index (χ3v) is 2.76. The Morgan fingerprint density at radius 1 is 1.06 bits per heavy atom. The number of primary amides is 1. The summed E-state index contributed by atoms with van der Waals surface area (Å²) in [6.07, 6.45) is 6.09. The molecular formula is C14H21NO. The number of amides is 1. The number of unbranched alkanes of at least 4 members (excludes halogenated alkanes) is 3. The second kappa shape index (κ2) is 7.04. The van der Waals surface area contributed by atoms with E-state index in [1.165, 1.54) is 24.0 Å². The van der Waals surface area contributed by atoms with Gasteiger partial charge in [-0.25, -0.2) is 0 Å². The number of aryl methyl sites for hydroxylation is 2. The van der Waals surface area contributed by atoms with E-state index in [0.717, 1.165) is 19.3 Å². The van der Waals surface area contributed by atoms with Gasteiger partial charge in [-0.05, 0) is 31.7 Å². The van der Waals surface area contributed by atoms with Gasteiger partial charge in [0.05, 0.1) is 0 Å². The zero-order valence-corrected chi connectivity index (χ0v) is 10.0. The normalized spacial score (nSPS) is 10.3. The zero-order chi connectivity index (χ0) is 11.8. The summed E-state index contributed by atoms with van der Waals surface area (Å²) in [5.41, 5.74) is 7.79. The van der Waals surface area contributed by atoms with Crippen LogP contribution in [-0.4, -0.2) is 5.91 Å². The lowest BCUT2D eigenvalue weighted by Gasteiger charge is -2.02. The van der Waals surface area contributed by atoms with E-state index in [1.807, 2.05) is 0 Å². The maximum atomic E-state index is 10.5. The van der Waals surface area contributed by atoms with E-state index < -0.39 is 0 Å². The van der Waals surface area contributed by atoms with Crippen molar-refractivity contribution >= 4 is 5.91 Å². The lowest BCUT2D eigenvalue weighted by Crippen LogP contribution is -2.09. The van der Waals surface area contributed by atoms with E-state index in [1.54, 1.807) is 0 Å². The molecule has 88 valence electrons. The zero-order valence-electron chi connectivity index (χ0n) is 10.0. The summed E-state index contributed by atoms with van der Waals surface area (Å²) < 4.78 is 0. The van der Waals surface area contributed by atoms with Crippen molar-refractivity contribution in [2.24, 2.45) is 5.73 Å². The van der Waals surface area contributed by atoms with Crippen molar-refractivity contribution in [2.45, 2.75) is 45.4 Å². The van der Waals surface area contributed by atoms with Gasteiger partial charge in [-0.2, -0.15) is 0 Å². The topological polar surface area (TPSA) is 43.1 Å². The Balaban J connectivity index is 2.07. The maximum Gasteiger partial charge on any atom is 0.217 e. The average molecular weight is 219 g/mol. The summed E-state index contributed by atoms with van der Waals surface area (Å²) in [4.78, 5) is 10.5. The van der Waals surface area contributed by atoms with Gasteiger partial charge in [0.2, 0.25) is 5.91 Å². The fourth-order valence-electron chi connectivity index (χ4n) is 1.74. The monoisotopic (exact) mass is 219 g/mol. The van der Waals surface area contributed by atoms with Gasteiger partial charge >= 0.3 is 0 Å². The van der Waals surface area contributed by atoms with Crippen molar-refractivity contribution in [3.05, 3.63) is 35.4 Å². The molecule has 1 aromatic carbocycles. The lowest BCUT2D eigenvalue weighted by molar-refractivity contribution is -0.118. The van der Waals surface area contributed by atoms with Gasteiger partial charge in [-0.3, -0.25) is 4.79 Å². The molecule has 1 rings (SSSR count). The molecule has 0 bridgehead atoms. The molecule has 0 fully saturated rings. The molecule has 0 aliphatic carbocycles. The molecule has 0 aliphatic rings. The molecule has 0 heterocycles. The molecule has 0 saturated carbocycles. The number of rotatable bonds is 7. The van der Waals surface area contributed by atoms with Crippen LogP contribution < -0.4 is 5.73 Å². The maximum absolute atomic E-state index is 10.5. The van der Waals surface area contributed by atoms with Crippen molar-refractivity contribution in [3.8, 4) is 0 Å². The van der Waals surface area contributed by atoms with Gasteiger partial charge < -0.3 is 5.73 Å². The number of carbonyl (C=O) groups excluding carboxylic acids is 1. The number of nitrogens with two attached hydrogens (primary N) is 1. The molecule has 16 heavy (non-hydrogen) atoms. The van der Waals surface area contributed by atoms with Gasteiger partial charge in [-0.15, -0.1) is 0 Å². The van der Waals surface area contributed by atoms with Crippen LogP contribution in [-0.2, 0) is 11.2 Å². The average Bonchev–Trinajstić information content (AvgIpc) is 2.25. The number of benzene rings is 1. The van der Waals surface area contributed by atoms with Crippen LogP contribution in [0.15, 0.2) is 24.3 Å². The van der Waals surface area contributed by atoms with Crippen molar-refractivity contribution in [1.29, 1.82) is 0 Å². The number of hydrogen-bond donors (Lipinski definition) is 1. The van der Waals surface area contributed by atoms with Gasteiger partial charge in [0, 0.05) is 6.42 Å². The summed E-state index contributed by atoms with van der Waals surface area (Å²) in [6.45, 7) is 2.10. The second-order valence-electron chi connectivity index (χ2n) is 4.37. The molecule has 2 heteroatoms. The Bertz CT molecular complexity index is 316. The summed E-state index contributed by atoms with van der Waals surface area (Å²) in [5, 5.41) is 0. The van der Waals surface area contributed by atoms with Crippen LogP contribution in [0, 0.1) is 6.92 Å². The highest BCUT2D eigenvalue weighted by molar-refractivity contribution is 5.73. The van der Waals surface area contributed by atoms with Crippen LogP contribution in [0.2, 0.25) is 0 Å². The van der Waals surface area contributed by atoms with Gasteiger partial charge in [-0.1, -0.05) is 42.7 Å². The quantitative estimate of drug-likeness (QED) is 0.704. The Hall–Kier alpha value is -1.31. The Kier molecular flexibility index (Phi) is 5.62. The molecule has 0 unspecified atom stereocenters. The van der Waals surface area contributed by atoms with E-state index in [4.69, 9.17) is 5.73 Å².